The maximum Gasteiger partial charge on any atom is 0.190 e. The number of nitrogens with zero attached hydrogens (tertiary/aromatic N) is 4. The summed E-state index contributed by atoms with van der Waals surface area (Å²) in [5.41, 5.74) is 7.80. The van der Waals surface area contributed by atoms with Gasteiger partial charge in [-0.1, -0.05) is 23.9 Å². The third-order valence-corrected chi connectivity index (χ3v) is 4.24. The molecule has 0 aliphatic heterocycles. The first kappa shape index (κ1) is 15.2. The average Bonchev–Trinajstić information content (AvgIpc) is 2.52. The zero-order valence-corrected chi connectivity index (χ0v) is 12.8. The molecule has 5 nitrogen and oxygen atoms in total. The lowest BCUT2D eigenvalue weighted by atomic mass is 10.2. The molecule has 0 atom stereocenters. The number of nitrogen functional groups attached to an aromatic ring is 1. The molecule has 21 heavy (non-hydrogen) atoms. The molecule has 0 spiro atoms. The van der Waals surface area contributed by atoms with Crippen LogP contribution in [0.3, 0.4) is 0 Å². The molecule has 0 radical (unpaired) electrons. The normalized spacial score (nSPS) is 9.86. The highest BCUT2D eigenvalue weighted by atomic mass is 32.2. The van der Waals surface area contributed by atoms with Crippen molar-refractivity contribution in [2.45, 2.75) is 15.9 Å². The Morgan fingerprint density at radius 3 is 2.43 bits per heavy atom. The summed E-state index contributed by atoms with van der Waals surface area (Å²) in [4.78, 5) is 8.47. The zero-order valence-electron chi connectivity index (χ0n) is 11.2. The highest BCUT2D eigenvalue weighted by Gasteiger charge is 2.11. The highest BCUT2D eigenvalue weighted by Crippen LogP contribution is 2.26. The maximum atomic E-state index is 9.02. The lowest BCUT2D eigenvalue weighted by molar-refractivity contribution is 0.891. The number of benzene rings is 1. The fourth-order valence-electron chi connectivity index (χ4n) is 1.58. The average molecular weight is 313 g/mol. The molecule has 2 aromatic rings. The van der Waals surface area contributed by atoms with Crippen molar-refractivity contribution in [2.75, 3.05) is 12.0 Å². The highest BCUT2D eigenvalue weighted by molar-refractivity contribution is 7.99. The van der Waals surface area contributed by atoms with Crippen LogP contribution in [0.15, 0.2) is 34.4 Å². The summed E-state index contributed by atoms with van der Waals surface area (Å²) >= 11 is 2.81. The van der Waals surface area contributed by atoms with Gasteiger partial charge in [0, 0.05) is 5.75 Å². The van der Waals surface area contributed by atoms with Crippen LogP contribution in [0.25, 0.3) is 0 Å². The largest absolute Gasteiger partial charge is 0.382 e. The first-order valence-corrected chi connectivity index (χ1v) is 8.12. The third kappa shape index (κ3) is 3.66. The standard InChI is InChI=1S/C14H11N5S2/c1-20-13-11(7-16)12(17)18-14(19-13)21-8-10-4-2-9(6-15)3-5-10/h2-5H,8H2,1H3,(H2,17,18,19). The Morgan fingerprint density at radius 1 is 1.14 bits per heavy atom. The summed E-state index contributed by atoms with van der Waals surface area (Å²) in [5, 5.41) is 18.9. The molecule has 0 bridgehead atoms. The second kappa shape index (κ2) is 6.98. The van der Waals surface area contributed by atoms with Gasteiger partial charge in [-0.05, 0) is 24.0 Å². The predicted octanol–water partition coefficient (Wildman–Crippen LogP) is 2.82. The number of thioether (sulfide) groups is 2. The van der Waals surface area contributed by atoms with E-state index < -0.39 is 0 Å². The Kier molecular flexibility index (Phi) is 5.04. The number of nitriles is 2. The molecule has 1 aromatic carbocycles. The van der Waals surface area contributed by atoms with E-state index in [-0.39, 0.29) is 5.82 Å². The number of rotatable bonds is 4. The van der Waals surface area contributed by atoms with Crippen molar-refractivity contribution in [2.24, 2.45) is 0 Å². The molecular weight excluding hydrogens is 302 g/mol. The van der Waals surface area contributed by atoms with Crippen LogP contribution >= 0.6 is 23.5 Å². The van der Waals surface area contributed by atoms with Crippen LogP contribution in [0.1, 0.15) is 16.7 Å². The first-order valence-electron chi connectivity index (χ1n) is 5.91. The van der Waals surface area contributed by atoms with Crippen molar-refractivity contribution in [3.8, 4) is 12.1 Å². The maximum absolute atomic E-state index is 9.02. The van der Waals surface area contributed by atoms with Gasteiger partial charge in [0.15, 0.2) is 5.16 Å². The van der Waals surface area contributed by atoms with Crippen LogP contribution in [0, 0.1) is 22.7 Å². The van der Waals surface area contributed by atoms with Gasteiger partial charge in [-0.25, -0.2) is 9.97 Å². The number of nitrogens with two attached hydrogens (primary N) is 1. The van der Waals surface area contributed by atoms with Gasteiger partial charge < -0.3 is 5.73 Å². The van der Waals surface area contributed by atoms with Crippen molar-refractivity contribution in [3.63, 3.8) is 0 Å². The van der Waals surface area contributed by atoms with E-state index in [4.69, 9.17) is 16.3 Å². The van der Waals surface area contributed by atoms with Crippen molar-refractivity contribution < 1.29 is 0 Å². The van der Waals surface area contributed by atoms with Crippen LogP contribution in [0.4, 0.5) is 5.82 Å². The lowest BCUT2D eigenvalue weighted by Gasteiger charge is -2.06. The topological polar surface area (TPSA) is 99.4 Å². The van der Waals surface area contributed by atoms with E-state index in [0.29, 0.717) is 27.1 Å². The van der Waals surface area contributed by atoms with E-state index in [1.54, 1.807) is 12.1 Å². The monoisotopic (exact) mass is 313 g/mol. The zero-order chi connectivity index (χ0) is 15.2. The fourth-order valence-corrected chi connectivity index (χ4v) is 2.97. The van der Waals surface area contributed by atoms with Gasteiger partial charge in [0.05, 0.1) is 11.6 Å². The summed E-state index contributed by atoms with van der Waals surface area (Å²) in [6.07, 6.45) is 1.84. The molecule has 0 aliphatic rings. The summed E-state index contributed by atoms with van der Waals surface area (Å²) in [7, 11) is 0. The van der Waals surface area contributed by atoms with Gasteiger partial charge in [-0.15, -0.1) is 11.8 Å². The molecule has 0 saturated heterocycles. The minimum Gasteiger partial charge on any atom is -0.382 e. The predicted molar refractivity (Wildman–Crippen MR) is 83.7 cm³/mol. The van der Waals surface area contributed by atoms with E-state index >= 15 is 0 Å². The second-order valence-corrected chi connectivity index (χ2v) is 5.72. The Labute approximate surface area is 131 Å². The van der Waals surface area contributed by atoms with E-state index in [2.05, 4.69) is 16.0 Å². The Bertz CT molecular complexity index is 729. The molecule has 0 fully saturated rings. The second-order valence-electron chi connectivity index (χ2n) is 3.98. The van der Waals surface area contributed by atoms with Gasteiger partial charge in [0.2, 0.25) is 0 Å². The van der Waals surface area contributed by atoms with Crippen LogP contribution in [0.2, 0.25) is 0 Å². The molecule has 2 N–H and O–H groups in total. The fraction of sp³-hybridized carbons (Fsp3) is 0.143. The van der Waals surface area contributed by atoms with Gasteiger partial charge in [-0.3, -0.25) is 0 Å². The minimum absolute atomic E-state index is 0.208. The van der Waals surface area contributed by atoms with E-state index in [9.17, 15) is 0 Å². The van der Waals surface area contributed by atoms with Crippen molar-refractivity contribution in [3.05, 3.63) is 41.0 Å². The molecular formula is C14H11N5S2. The van der Waals surface area contributed by atoms with Crippen LogP contribution in [0.5, 0.6) is 0 Å². The van der Waals surface area contributed by atoms with Gasteiger partial charge in [0.25, 0.3) is 0 Å². The Balaban J connectivity index is 2.15. The summed E-state index contributed by atoms with van der Waals surface area (Å²) < 4.78 is 0. The smallest absolute Gasteiger partial charge is 0.190 e. The number of hydrogen-bond donors (Lipinski definition) is 1. The third-order valence-electron chi connectivity index (χ3n) is 2.64. The summed E-state index contributed by atoms with van der Waals surface area (Å²) in [6.45, 7) is 0. The Morgan fingerprint density at radius 2 is 1.86 bits per heavy atom. The number of aromatic nitrogens is 2. The van der Waals surface area contributed by atoms with Crippen LogP contribution in [-0.4, -0.2) is 16.2 Å². The SMILES string of the molecule is CSc1nc(SCc2ccc(C#N)cc2)nc(N)c1C#N. The first-order chi connectivity index (χ1) is 10.2. The minimum atomic E-state index is 0.208. The molecule has 1 aromatic heterocycles. The van der Waals surface area contributed by atoms with Crippen molar-refractivity contribution in [1.29, 1.82) is 10.5 Å². The molecule has 0 amide bonds. The van der Waals surface area contributed by atoms with Crippen LogP contribution in [-0.2, 0) is 5.75 Å². The number of hydrogen-bond acceptors (Lipinski definition) is 7. The van der Waals surface area contributed by atoms with Gasteiger partial charge in [-0.2, -0.15) is 10.5 Å². The molecule has 0 unspecified atom stereocenters. The quantitative estimate of drug-likeness (QED) is 0.526. The van der Waals surface area contributed by atoms with Gasteiger partial charge >= 0.3 is 0 Å². The Hall–Kier alpha value is -2.22. The molecule has 2 rings (SSSR count). The van der Waals surface area contributed by atoms with E-state index in [1.165, 1.54) is 23.5 Å². The molecule has 0 saturated carbocycles. The van der Waals surface area contributed by atoms with Gasteiger partial charge in [0.1, 0.15) is 22.5 Å². The van der Waals surface area contributed by atoms with Crippen molar-refractivity contribution >= 4 is 29.3 Å². The van der Waals surface area contributed by atoms with Crippen molar-refractivity contribution in [1.82, 2.24) is 9.97 Å². The lowest BCUT2D eigenvalue weighted by Crippen LogP contribution is -2.01. The molecule has 1 heterocycles. The van der Waals surface area contributed by atoms with E-state index in [1.807, 2.05) is 24.5 Å². The summed E-state index contributed by atoms with van der Waals surface area (Å²) in [6, 6.07) is 11.4. The molecule has 7 heteroatoms. The molecule has 104 valence electrons. The number of anilines is 1. The van der Waals surface area contributed by atoms with E-state index in [0.717, 1.165) is 5.56 Å². The van der Waals surface area contributed by atoms with Crippen LogP contribution < -0.4 is 5.73 Å². The summed E-state index contributed by atoms with van der Waals surface area (Å²) in [5.74, 6) is 0.879. The molecule has 0 aliphatic carbocycles.